The standard InChI is InChI=1S/C15H24N4O.ClH/c20-15(17-12-5-2-1-3-6-12)14-8-10-19(18-14)13-7-4-9-16-11-13;/h8,10,12-13,16H,1-7,9,11H2,(H,17,20);1H. The molecule has 2 fully saturated rings. The number of halogens is 1. The van der Waals surface area contributed by atoms with Crippen LogP contribution in [0.25, 0.3) is 0 Å². The average molecular weight is 313 g/mol. The maximum atomic E-state index is 12.2. The number of carbonyl (C=O) groups is 1. The first kappa shape index (κ1) is 16.3. The Bertz CT molecular complexity index is 450. The summed E-state index contributed by atoms with van der Waals surface area (Å²) in [5, 5.41) is 11.0. The Morgan fingerprint density at radius 3 is 2.76 bits per heavy atom. The van der Waals surface area contributed by atoms with E-state index in [0.29, 0.717) is 17.8 Å². The van der Waals surface area contributed by atoms with Gasteiger partial charge in [0, 0.05) is 18.8 Å². The lowest BCUT2D eigenvalue weighted by atomic mass is 9.95. The second kappa shape index (κ2) is 7.80. The van der Waals surface area contributed by atoms with Crippen molar-refractivity contribution in [1.29, 1.82) is 0 Å². The number of hydrogen-bond donors (Lipinski definition) is 2. The molecule has 1 atom stereocenters. The van der Waals surface area contributed by atoms with Crippen molar-refractivity contribution >= 4 is 18.3 Å². The van der Waals surface area contributed by atoms with Crippen LogP contribution in [0.2, 0.25) is 0 Å². The second-order valence-corrected chi connectivity index (χ2v) is 5.99. The number of aromatic nitrogens is 2. The predicted octanol–water partition coefficient (Wildman–Crippen LogP) is 2.29. The third kappa shape index (κ3) is 4.20. The van der Waals surface area contributed by atoms with E-state index in [1.807, 2.05) is 16.9 Å². The van der Waals surface area contributed by atoms with Crippen molar-refractivity contribution in [2.45, 2.75) is 57.0 Å². The summed E-state index contributed by atoms with van der Waals surface area (Å²) >= 11 is 0. The van der Waals surface area contributed by atoms with Crippen molar-refractivity contribution in [2.75, 3.05) is 13.1 Å². The normalized spacial score (nSPS) is 23.3. The fourth-order valence-electron chi connectivity index (χ4n) is 3.23. The first-order chi connectivity index (χ1) is 9.83. The molecular weight excluding hydrogens is 288 g/mol. The zero-order valence-electron chi connectivity index (χ0n) is 12.4. The van der Waals surface area contributed by atoms with E-state index < -0.39 is 0 Å². The van der Waals surface area contributed by atoms with E-state index in [0.717, 1.165) is 32.4 Å². The van der Waals surface area contributed by atoms with Gasteiger partial charge in [0.1, 0.15) is 5.69 Å². The van der Waals surface area contributed by atoms with Crippen LogP contribution in [0, 0.1) is 0 Å². The van der Waals surface area contributed by atoms with E-state index >= 15 is 0 Å². The lowest BCUT2D eigenvalue weighted by Crippen LogP contribution is -2.36. The highest BCUT2D eigenvalue weighted by atomic mass is 35.5. The fourth-order valence-corrected chi connectivity index (χ4v) is 3.23. The molecule has 1 saturated carbocycles. The predicted molar refractivity (Wildman–Crippen MR) is 85.0 cm³/mol. The van der Waals surface area contributed by atoms with Crippen LogP contribution in [-0.4, -0.2) is 34.8 Å². The van der Waals surface area contributed by atoms with Gasteiger partial charge >= 0.3 is 0 Å². The molecular formula is C15H25ClN4O. The van der Waals surface area contributed by atoms with Crippen LogP contribution in [0.5, 0.6) is 0 Å². The van der Waals surface area contributed by atoms with Crippen LogP contribution < -0.4 is 10.6 Å². The molecule has 2 aliphatic rings. The first-order valence-electron chi connectivity index (χ1n) is 7.89. The van der Waals surface area contributed by atoms with Gasteiger partial charge in [0.2, 0.25) is 0 Å². The Hall–Kier alpha value is -1.07. The number of amides is 1. The SMILES string of the molecule is Cl.O=C(NC1CCCCC1)c1ccn(C2CCCNC2)n1. The molecule has 3 rings (SSSR count). The third-order valence-corrected chi connectivity index (χ3v) is 4.43. The molecule has 21 heavy (non-hydrogen) atoms. The Morgan fingerprint density at radius 1 is 1.24 bits per heavy atom. The highest BCUT2D eigenvalue weighted by Crippen LogP contribution is 2.18. The number of nitrogens with one attached hydrogen (secondary N) is 2. The maximum Gasteiger partial charge on any atom is 0.271 e. The van der Waals surface area contributed by atoms with Crippen molar-refractivity contribution in [3.63, 3.8) is 0 Å². The van der Waals surface area contributed by atoms with Gasteiger partial charge < -0.3 is 10.6 Å². The van der Waals surface area contributed by atoms with E-state index in [2.05, 4.69) is 15.7 Å². The molecule has 1 aliphatic carbocycles. The summed E-state index contributed by atoms with van der Waals surface area (Å²) < 4.78 is 1.95. The smallest absolute Gasteiger partial charge is 0.271 e. The lowest BCUT2D eigenvalue weighted by Gasteiger charge is -2.23. The van der Waals surface area contributed by atoms with Crippen molar-refractivity contribution in [2.24, 2.45) is 0 Å². The minimum atomic E-state index is -0.0144. The third-order valence-electron chi connectivity index (χ3n) is 4.43. The average Bonchev–Trinajstić information content (AvgIpc) is 2.99. The molecule has 0 spiro atoms. The molecule has 5 nitrogen and oxygen atoms in total. The minimum Gasteiger partial charge on any atom is -0.348 e. The topological polar surface area (TPSA) is 59.0 Å². The summed E-state index contributed by atoms with van der Waals surface area (Å²) in [6.07, 6.45) is 10.2. The second-order valence-electron chi connectivity index (χ2n) is 5.99. The van der Waals surface area contributed by atoms with Gasteiger partial charge in [-0.15, -0.1) is 12.4 Å². The van der Waals surface area contributed by atoms with Crippen LogP contribution in [0.1, 0.15) is 61.5 Å². The van der Waals surface area contributed by atoms with Gasteiger partial charge in [-0.3, -0.25) is 9.48 Å². The van der Waals surface area contributed by atoms with Gasteiger partial charge in [-0.25, -0.2) is 0 Å². The largest absolute Gasteiger partial charge is 0.348 e. The Morgan fingerprint density at radius 2 is 2.05 bits per heavy atom. The zero-order valence-corrected chi connectivity index (χ0v) is 13.2. The number of hydrogen-bond acceptors (Lipinski definition) is 3. The molecule has 0 bridgehead atoms. The number of piperidine rings is 1. The summed E-state index contributed by atoms with van der Waals surface area (Å²) in [5.74, 6) is -0.0144. The van der Waals surface area contributed by atoms with E-state index in [-0.39, 0.29) is 18.3 Å². The van der Waals surface area contributed by atoms with Gasteiger partial charge in [0.05, 0.1) is 6.04 Å². The van der Waals surface area contributed by atoms with E-state index in [1.165, 1.54) is 25.7 Å². The number of nitrogens with zero attached hydrogens (tertiary/aromatic N) is 2. The van der Waals surface area contributed by atoms with E-state index in [4.69, 9.17) is 0 Å². The zero-order chi connectivity index (χ0) is 13.8. The Balaban J connectivity index is 0.00000161. The van der Waals surface area contributed by atoms with Crippen LogP contribution >= 0.6 is 12.4 Å². The molecule has 0 aromatic carbocycles. The Labute approximate surface area is 132 Å². The fraction of sp³-hybridized carbons (Fsp3) is 0.733. The van der Waals surface area contributed by atoms with Crippen LogP contribution in [0.3, 0.4) is 0 Å². The molecule has 1 aromatic rings. The molecule has 1 amide bonds. The van der Waals surface area contributed by atoms with Gasteiger partial charge in [-0.05, 0) is 38.3 Å². The molecule has 1 unspecified atom stereocenters. The van der Waals surface area contributed by atoms with Crippen molar-refractivity contribution < 1.29 is 4.79 Å². The summed E-state index contributed by atoms with van der Waals surface area (Å²) in [7, 11) is 0. The summed E-state index contributed by atoms with van der Waals surface area (Å²) in [6, 6.07) is 2.57. The van der Waals surface area contributed by atoms with Gasteiger partial charge in [0.15, 0.2) is 0 Å². The molecule has 6 heteroatoms. The molecule has 1 saturated heterocycles. The van der Waals surface area contributed by atoms with Crippen molar-refractivity contribution in [1.82, 2.24) is 20.4 Å². The summed E-state index contributed by atoms with van der Waals surface area (Å²) in [6.45, 7) is 2.04. The highest BCUT2D eigenvalue weighted by Gasteiger charge is 2.20. The van der Waals surface area contributed by atoms with E-state index in [1.54, 1.807) is 0 Å². The first-order valence-corrected chi connectivity index (χ1v) is 7.89. The van der Waals surface area contributed by atoms with Crippen molar-refractivity contribution in [3.8, 4) is 0 Å². The van der Waals surface area contributed by atoms with E-state index in [9.17, 15) is 4.79 Å². The molecule has 2 heterocycles. The maximum absolute atomic E-state index is 12.2. The molecule has 0 radical (unpaired) electrons. The summed E-state index contributed by atoms with van der Waals surface area (Å²) in [4.78, 5) is 12.2. The van der Waals surface area contributed by atoms with Crippen LogP contribution in [0.4, 0.5) is 0 Å². The van der Waals surface area contributed by atoms with Crippen molar-refractivity contribution in [3.05, 3.63) is 18.0 Å². The van der Waals surface area contributed by atoms with Crippen LogP contribution in [0.15, 0.2) is 12.3 Å². The van der Waals surface area contributed by atoms with Gasteiger partial charge in [-0.1, -0.05) is 19.3 Å². The molecule has 1 aromatic heterocycles. The minimum absolute atomic E-state index is 0. The monoisotopic (exact) mass is 312 g/mol. The number of rotatable bonds is 3. The molecule has 1 aliphatic heterocycles. The quantitative estimate of drug-likeness (QED) is 0.900. The van der Waals surface area contributed by atoms with Gasteiger partial charge in [0.25, 0.3) is 5.91 Å². The van der Waals surface area contributed by atoms with Gasteiger partial charge in [-0.2, -0.15) is 5.10 Å². The molecule has 2 N–H and O–H groups in total. The number of carbonyl (C=O) groups excluding carboxylic acids is 1. The summed E-state index contributed by atoms with van der Waals surface area (Å²) in [5.41, 5.74) is 0.557. The molecule has 118 valence electrons. The Kier molecular flexibility index (Phi) is 6.06. The lowest BCUT2D eigenvalue weighted by molar-refractivity contribution is 0.0921. The highest BCUT2D eigenvalue weighted by molar-refractivity contribution is 5.92. The van der Waals surface area contributed by atoms with Crippen LogP contribution in [-0.2, 0) is 0 Å².